The zero-order valence-corrected chi connectivity index (χ0v) is 15.1. The number of rotatable bonds is 8. The normalized spacial score (nSPS) is 11.9. The number of alkyl halides is 2. The number of benzene rings is 2. The molecule has 0 heterocycles. The highest BCUT2D eigenvalue weighted by Gasteiger charge is 2.17. The second-order valence-corrected chi connectivity index (χ2v) is 5.66. The van der Waals surface area contributed by atoms with Crippen LogP contribution in [0.2, 0.25) is 0 Å². The predicted molar refractivity (Wildman–Crippen MR) is 99.4 cm³/mol. The van der Waals surface area contributed by atoms with Gasteiger partial charge in [0, 0.05) is 23.9 Å². The number of hydrogen-bond donors (Lipinski definition) is 1. The lowest BCUT2D eigenvalue weighted by Gasteiger charge is -2.12. The molecule has 0 aromatic heterocycles. The van der Waals surface area contributed by atoms with Gasteiger partial charge in [0.25, 0.3) is 11.6 Å². The third kappa shape index (κ3) is 7.01. The summed E-state index contributed by atoms with van der Waals surface area (Å²) in [6.45, 7) is -1.59. The van der Waals surface area contributed by atoms with Gasteiger partial charge in [0.05, 0.1) is 4.92 Å². The summed E-state index contributed by atoms with van der Waals surface area (Å²) >= 11 is 0. The van der Waals surface area contributed by atoms with Gasteiger partial charge in [0.2, 0.25) is 0 Å². The molecule has 1 atom stereocenters. The van der Waals surface area contributed by atoms with Gasteiger partial charge in [-0.2, -0.15) is 8.78 Å². The zero-order valence-electron chi connectivity index (χ0n) is 15.1. The Bertz CT molecular complexity index is 915. The summed E-state index contributed by atoms with van der Waals surface area (Å²) in [6, 6.07) is 10.9. The molecule has 29 heavy (non-hydrogen) atoms. The van der Waals surface area contributed by atoms with Crippen molar-refractivity contribution in [1.29, 1.82) is 0 Å². The van der Waals surface area contributed by atoms with E-state index in [0.29, 0.717) is 5.56 Å². The molecule has 152 valence electrons. The summed E-state index contributed by atoms with van der Waals surface area (Å²) in [5, 5.41) is 13.2. The number of halogens is 2. The fourth-order valence-corrected chi connectivity index (χ4v) is 2.13. The van der Waals surface area contributed by atoms with Crippen molar-refractivity contribution in [1.82, 2.24) is 0 Å². The lowest BCUT2D eigenvalue weighted by molar-refractivity contribution is -0.384. The number of esters is 1. The van der Waals surface area contributed by atoms with Crippen LogP contribution in [0.5, 0.6) is 5.75 Å². The first-order chi connectivity index (χ1) is 13.7. The first-order valence-corrected chi connectivity index (χ1v) is 8.23. The first kappa shape index (κ1) is 21.5. The van der Waals surface area contributed by atoms with Crippen molar-refractivity contribution in [2.75, 3.05) is 5.32 Å². The fourth-order valence-electron chi connectivity index (χ4n) is 2.13. The van der Waals surface area contributed by atoms with Crippen molar-refractivity contribution < 1.29 is 32.8 Å². The average molecular weight is 406 g/mol. The van der Waals surface area contributed by atoms with Crippen molar-refractivity contribution >= 4 is 29.3 Å². The minimum absolute atomic E-state index is 0.0221. The minimum atomic E-state index is -2.93. The Morgan fingerprint density at radius 2 is 1.86 bits per heavy atom. The number of carbonyl (C=O) groups excluding carboxylic acids is 2. The Kier molecular flexibility index (Phi) is 7.35. The Morgan fingerprint density at radius 3 is 2.48 bits per heavy atom. The standard InChI is InChI=1S/C19H16F2N2O6/c1-12(18(25)22-14-3-2-4-15(11-14)23(26)27)28-17(24)10-7-13-5-8-16(9-6-13)29-19(20)21/h2-12,19H,1H3,(H,22,25)/b10-7+. The number of nitrogens with one attached hydrogen (secondary N) is 1. The molecule has 0 fully saturated rings. The van der Waals surface area contributed by atoms with Crippen LogP contribution in [-0.4, -0.2) is 29.5 Å². The van der Waals surface area contributed by atoms with Crippen LogP contribution in [0.4, 0.5) is 20.2 Å². The van der Waals surface area contributed by atoms with E-state index < -0.39 is 29.5 Å². The monoisotopic (exact) mass is 406 g/mol. The van der Waals surface area contributed by atoms with E-state index >= 15 is 0 Å². The summed E-state index contributed by atoms with van der Waals surface area (Å²) < 4.78 is 33.4. The van der Waals surface area contributed by atoms with Gasteiger partial charge < -0.3 is 14.8 Å². The Morgan fingerprint density at radius 1 is 1.17 bits per heavy atom. The van der Waals surface area contributed by atoms with E-state index in [4.69, 9.17) is 4.74 Å². The average Bonchev–Trinajstić information content (AvgIpc) is 2.67. The van der Waals surface area contributed by atoms with Crippen molar-refractivity contribution in [3.05, 3.63) is 70.3 Å². The summed E-state index contributed by atoms with van der Waals surface area (Å²) in [5.74, 6) is -1.49. The summed E-state index contributed by atoms with van der Waals surface area (Å²) in [7, 11) is 0. The van der Waals surface area contributed by atoms with Crippen LogP contribution in [-0.2, 0) is 14.3 Å². The maximum Gasteiger partial charge on any atom is 0.387 e. The highest BCUT2D eigenvalue weighted by Crippen LogP contribution is 2.18. The van der Waals surface area contributed by atoms with Gasteiger partial charge in [0.15, 0.2) is 6.10 Å². The topological polar surface area (TPSA) is 108 Å². The number of hydrogen-bond acceptors (Lipinski definition) is 6. The highest BCUT2D eigenvalue weighted by atomic mass is 19.3. The molecule has 1 unspecified atom stereocenters. The van der Waals surface area contributed by atoms with Gasteiger partial charge in [-0.1, -0.05) is 18.2 Å². The molecule has 2 aromatic rings. The van der Waals surface area contributed by atoms with Crippen LogP contribution in [0.1, 0.15) is 12.5 Å². The molecule has 2 aromatic carbocycles. The quantitative estimate of drug-likeness (QED) is 0.309. The number of nitro groups is 1. The van der Waals surface area contributed by atoms with Crippen LogP contribution in [0.3, 0.4) is 0 Å². The molecule has 0 saturated carbocycles. The molecular weight excluding hydrogens is 390 g/mol. The van der Waals surface area contributed by atoms with Gasteiger partial charge >= 0.3 is 12.6 Å². The number of nitrogens with zero attached hydrogens (tertiary/aromatic N) is 1. The van der Waals surface area contributed by atoms with Gasteiger partial charge in [0.1, 0.15) is 5.75 Å². The molecule has 10 heteroatoms. The van der Waals surface area contributed by atoms with Crippen LogP contribution in [0.15, 0.2) is 54.6 Å². The fraction of sp³-hybridized carbons (Fsp3) is 0.158. The van der Waals surface area contributed by atoms with Gasteiger partial charge in [-0.15, -0.1) is 0 Å². The second-order valence-electron chi connectivity index (χ2n) is 5.66. The lowest BCUT2D eigenvalue weighted by atomic mass is 10.2. The van der Waals surface area contributed by atoms with E-state index in [1.807, 2.05) is 0 Å². The molecule has 0 aliphatic carbocycles. The minimum Gasteiger partial charge on any atom is -0.449 e. The van der Waals surface area contributed by atoms with Gasteiger partial charge in [-0.05, 0) is 36.8 Å². The third-order valence-corrected chi connectivity index (χ3v) is 3.50. The van der Waals surface area contributed by atoms with E-state index in [1.54, 1.807) is 0 Å². The smallest absolute Gasteiger partial charge is 0.387 e. The largest absolute Gasteiger partial charge is 0.449 e. The zero-order chi connectivity index (χ0) is 21.4. The van der Waals surface area contributed by atoms with E-state index in [0.717, 1.165) is 6.08 Å². The molecular formula is C19H16F2N2O6. The predicted octanol–water partition coefficient (Wildman–Crippen LogP) is 3.78. The summed E-state index contributed by atoms with van der Waals surface area (Å²) in [4.78, 5) is 34.1. The molecule has 0 radical (unpaired) electrons. The summed E-state index contributed by atoms with van der Waals surface area (Å²) in [5.41, 5.74) is 0.520. The third-order valence-electron chi connectivity index (χ3n) is 3.50. The van der Waals surface area contributed by atoms with Crippen LogP contribution < -0.4 is 10.1 Å². The molecule has 0 bridgehead atoms. The second kappa shape index (κ2) is 9.93. The van der Waals surface area contributed by atoms with Crippen molar-refractivity contribution in [2.24, 2.45) is 0 Å². The Hall–Kier alpha value is -3.82. The van der Waals surface area contributed by atoms with Crippen LogP contribution in [0, 0.1) is 10.1 Å². The van der Waals surface area contributed by atoms with E-state index in [1.165, 1.54) is 61.5 Å². The van der Waals surface area contributed by atoms with E-state index in [-0.39, 0.29) is 17.1 Å². The number of amides is 1. The van der Waals surface area contributed by atoms with E-state index in [9.17, 15) is 28.5 Å². The molecule has 0 spiro atoms. The molecule has 8 nitrogen and oxygen atoms in total. The van der Waals surface area contributed by atoms with Crippen molar-refractivity contribution in [3.8, 4) is 5.75 Å². The van der Waals surface area contributed by atoms with Gasteiger partial charge in [-0.3, -0.25) is 14.9 Å². The number of non-ortho nitro benzene ring substituents is 1. The Balaban J connectivity index is 1.89. The molecule has 1 N–H and O–H groups in total. The molecule has 1 amide bonds. The van der Waals surface area contributed by atoms with Gasteiger partial charge in [-0.25, -0.2) is 4.79 Å². The highest BCUT2D eigenvalue weighted by molar-refractivity contribution is 5.96. The number of ether oxygens (including phenoxy) is 2. The molecule has 0 saturated heterocycles. The summed E-state index contributed by atoms with van der Waals surface area (Å²) in [6.07, 6.45) is 1.29. The number of anilines is 1. The van der Waals surface area contributed by atoms with Crippen molar-refractivity contribution in [3.63, 3.8) is 0 Å². The van der Waals surface area contributed by atoms with E-state index in [2.05, 4.69) is 10.1 Å². The SMILES string of the molecule is CC(OC(=O)/C=C/c1ccc(OC(F)F)cc1)C(=O)Nc1cccc([N+](=O)[O-])c1. The van der Waals surface area contributed by atoms with Crippen molar-refractivity contribution in [2.45, 2.75) is 19.6 Å². The first-order valence-electron chi connectivity index (χ1n) is 8.23. The molecule has 2 rings (SSSR count). The van der Waals surface area contributed by atoms with Crippen LogP contribution >= 0.6 is 0 Å². The number of nitro benzene ring substituents is 1. The maximum atomic E-state index is 12.1. The Labute approximate surface area is 163 Å². The number of carbonyl (C=O) groups is 2. The lowest BCUT2D eigenvalue weighted by Crippen LogP contribution is -2.29. The van der Waals surface area contributed by atoms with Crippen LogP contribution in [0.25, 0.3) is 6.08 Å². The maximum absolute atomic E-state index is 12.1. The molecule has 0 aliphatic heterocycles. The molecule has 0 aliphatic rings.